The maximum atomic E-state index is 9.95. The van der Waals surface area contributed by atoms with Crippen LogP contribution in [-0.2, 0) is 5.60 Å². The Bertz CT molecular complexity index is 370. The van der Waals surface area contributed by atoms with E-state index in [1.54, 1.807) is 7.11 Å². The highest BCUT2D eigenvalue weighted by Gasteiger charge is 2.44. The van der Waals surface area contributed by atoms with Crippen LogP contribution in [0.25, 0.3) is 0 Å². The van der Waals surface area contributed by atoms with Crippen LogP contribution in [0.5, 0.6) is 5.75 Å². The van der Waals surface area contributed by atoms with Gasteiger partial charge >= 0.3 is 0 Å². The first-order chi connectivity index (χ1) is 6.58. The summed E-state index contributed by atoms with van der Waals surface area (Å²) in [6.45, 7) is 1.94. The third-order valence-electron chi connectivity index (χ3n) is 2.72. The van der Waals surface area contributed by atoms with E-state index in [-0.39, 0.29) is 0 Å². The van der Waals surface area contributed by atoms with E-state index in [0.717, 1.165) is 24.0 Å². The van der Waals surface area contributed by atoms with Gasteiger partial charge in [0.2, 0.25) is 0 Å². The Balaban J connectivity index is 2.53. The largest absolute Gasteiger partial charge is 0.495 e. The van der Waals surface area contributed by atoms with Gasteiger partial charge in [0.1, 0.15) is 5.75 Å². The van der Waals surface area contributed by atoms with Crippen molar-refractivity contribution in [3.8, 4) is 5.75 Å². The summed E-state index contributed by atoms with van der Waals surface area (Å²) in [7, 11) is 1.59. The Morgan fingerprint density at radius 3 is 2.57 bits per heavy atom. The van der Waals surface area contributed by atoms with Gasteiger partial charge in [-0.3, -0.25) is 0 Å². The minimum absolute atomic E-state index is 0.549. The standard InChI is InChI=1S/C11H13ClO2/c1-7-3-4-8(11(13)5-6-11)9(12)10(7)14-2/h3-4,13H,5-6H2,1-2H3. The van der Waals surface area contributed by atoms with Gasteiger partial charge in [-0.2, -0.15) is 0 Å². The molecule has 0 saturated heterocycles. The molecule has 0 aromatic heterocycles. The van der Waals surface area contributed by atoms with Crippen LogP contribution in [0, 0.1) is 6.92 Å². The molecule has 1 aromatic carbocycles. The van der Waals surface area contributed by atoms with E-state index in [9.17, 15) is 5.11 Å². The van der Waals surface area contributed by atoms with Gasteiger partial charge in [0.15, 0.2) is 0 Å². The van der Waals surface area contributed by atoms with Crippen molar-refractivity contribution in [2.75, 3.05) is 7.11 Å². The lowest BCUT2D eigenvalue weighted by Crippen LogP contribution is -2.06. The molecule has 1 N–H and O–H groups in total. The topological polar surface area (TPSA) is 29.5 Å². The van der Waals surface area contributed by atoms with E-state index < -0.39 is 5.60 Å². The monoisotopic (exact) mass is 212 g/mol. The molecular formula is C11H13ClO2. The van der Waals surface area contributed by atoms with E-state index in [1.807, 2.05) is 19.1 Å². The molecule has 1 saturated carbocycles. The number of halogens is 1. The van der Waals surface area contributed by atoms with Crippen molar-refractivity contribution < 1.29 is 9.84 Å². The van der Waals surface area contributed by atoms with Crippen LogP contribution in [0.4, 0.5) is 0 Å². The van der Waals surface area contributed by atoms with Crippen LogP contribution in [-0.4, -0.2) is 12.2 Å². The number of hydrogen-bond acceptors (Lipinski definition) is 2. The Kier molecular flexibility index (Phi) is 2.20. The quantitative estimate of drug-likeness (QED) is 0.817. The zero-order chi connectivity index (χ0) is 10.3. The first-order valence-corrected chi connectivity index (χ1v) is 5.02. The average Bonchev–Trinajstić information content (AvgIpc) is 2.85. The number of rotatable bonds is 2. The highest BCUT2D eigenvalue weighted by atomic mass is 35.5. The maximum Gasteiger partial charge on any atom is 0.140 e. The van der Waals surface area contributed by atoms with Gasteiger partial charge in [-0.05, 0) is 25.3 Å². The number of methoxy groups -OCH3 is 1. The number of hydrogen-bond donors (Lipinski definition) is 1. The molecule has 14 heavy (non-hydrogen) atoms. The molecule has 0 bridgehead atoms. The maximum absolute atomic E-state index is 9.95. The highest BCUT2D eigenvalue weighted by Crippen LogP contribution is 2.50. The van der Waals surface area contributed by atoms with E-state index >= 15 is 0 Å². The van der Waals surface area contributed by atoms with Crippen molar-refractivity contribution in [2.45, 2.75) is 25.4 Å². The Morgan fingerprint density at radius 2 is 2.07 bits per heavy atom. The molecule has 0 heterocycles. The van der Waals surface area contributed by atoms with Gasteiger partial charge in [0, 0.05) is 5.56 Å². The second kappa shape index (κ2) is 3.14. The van der Waals surface area contributed by atoms with Crippen LogP contribution < -0.4 is 4.74 Å². The van der Waals surface area contributed by atoms with Gasteiger partial charge in [-0.25, -0.2) is 0 Å². The van der Waals surface area contributed by atoms with Crippen LogP contribution in [0.2, 0.25) is 5.02 Å². The zero-order valence-electron chi connectivity index (χ0n) is 8.30. The predicted molar refractivity (Wildman–Crippen MR) is 55.9 cm³/mol. The van der Waals surface area contributed by atoms with Crippen molar-refractivity contribution in [1.29, 1.82) is 0 Å². The summed E-state index contributed by atoms with van der Waals surface area (Å²) in [5.74, 6) is 0.671. The second-order valence-electron chi connectivity index (χ2n) is 3.81. The average molecular weight is 213 g/mol. The molecule has 3 heteroatoms. The smallest absolute Gasteiger partial charge is 0.140 e. The van der Waals surface area contributed by atoms with E-state index in [0.29, 0.717) is 10.8 Å². The third-order valence-corrected chi connectivity index (χ3v) is 3.10. The number of benzene rings is 1. The van der Waals surface area contributed by atoms with Crippen LogP contribution in [0.15, 0.2) is 12.1 Å². The summed E-state index contributed by atoms with van der Waals surface area (Å²) in [5.41, 5.74) is 1.09. The molecule has 0 unspecified atom stereocenters. The van der Waals surface area contributed by atoms with E-state index in [4.69, 9.17) is 16.3 Å². The number of aliphatic hydroxyl groups is 1. The SMILES string of the molecule is COc1c(C)ccc(C2(O)CC2)c1Cl. The molecule has 2 nitrogen and oxygen atoms in total. The van der Waals surface area contributed by atoms with Crippen molar-refractivity contribution in [3.05, 3.63) is 28.3 Å². The lowest BCUT2D eigenvalue weighted by Gasteiger charge is -2.14. The normalized spacial score (nSPS) is 18.0. The Morgan fingerprint density at radius 1 is 1.43 bits per heavy atom. The van der Waals surface area contributed by atoms with Crippen molar-refractivity contribution in [1.82, 2.24) is 0 Å². The highest BCUT2D eigenvalue weighted by molar-refractivity contribution is 6.33. The molecule has 0 radical (unpaired) electrons. The molecule has 1 aromatic rings. The second-order valence-corrected chi connectivity index (χ2v) is 4.19. The molecule has 76 valence electrons. The minimum Gasteiger partial charge on any atom is -0.495 e. The van der Waals surface area contributed by atoms with Gasteiger partial charge < -0.3 is 9.84 Å². The molecular weight excluding hydrogens is 200 g/mol. The van der Waals surface area contributed by atoms with Crippen LogP contribution in [0.3, 0.4) is 0 Å². The van der Waals surface area contributed by atoms with Crippen LogP contribution in [0.1, 0.15) is 24.0 Å². The number of ether oxygens (including phenoxy) is 1. The molecule has 0 amide bonds. The fraction of sp³-hybridized carbons (Fsp3) is 0.455. The van der Waals surface area contributed by atoms with Gasteiger partial charge in [-0.15, -0.1) is 0 Å². The zero-order valence-corrected chi connectivity index (χ0v) is 9.06. The number of aryl methyl sites for hydroxylation is 1. The van der Waals surface area contributed by atoms with Crippen molar-refractivity contribution >= 4 is 11.6 Å². The first kappa shape index (κ1) is 9.81. The van der Waals surface area contributed by atoms with Crippen molar-refractivity contribution in [3.63, 3.8) is 0 Å². The van der Waals surface area contributed by atoms with Crippen molar-refractivity contribution in [2.24, 2.45) is 0 Å². The first-order valence-electron chi connectivity index (χ1n) is 4.64. The molecule has 0 atom stereocenters. The summed E-state index contributed by atoms with van der Waals surface area (Å²) >= 11 is 6.15. The third kappa shape index (κ3) is 1.39. The summed E-state index contributed by atoms with van der Waals surface area (Å²) < 4.78 is 5.20. The van der Waals surface area contributed by atoms with E-state index in [1.165, 1.54) is 0 Å². The molecule has 0 spiro atoms. The van der Waals surface area contributed by atoms with E-state index in [2.05, 4.69) is 0 Å². The summed E-state index contributed by atoms with van der Waals surface area (Å²) in [4.78, 5) is 0. The summed E-state index contributed by atoms with van der Waals surface area (Å²) in [6, 6.07) is 3.81. The molecule has 1 fully saturated rings. The van der Waals surface area contributed by atoms with Gasteiger partial charge in [0.25, 0.3) is 0 Å². The predicted octanol–water partition coefficient (Wildman–Crippen LogP) is 2.64. The summed E-state index contributed by atoms with van der Waals surface area (Å²) in [6.07, 6.45) is 1.58. The van der Waals surface area contributed by atoms with Gasteiger partial charge in [-0.1, -0.05) is 23.7 Å². The lowest BCUT2D eigenvalue weighted by molar-refractivity contribution is 0.151. The van der Waals surface area contributed by atoms with Gasteiger partial charge in [0.05, 0.1) is 17.7 Å². The van der Waals surface area contributed by atoms with Crippen LogP contribution >= 0.6 is 11.6 Å². The molecule has 1 aliphatic rings. The fourth-order valence-electron chi connectivity index (χ4n) is 1.65. The lowest BCUT2D eigenvalue weighted by atomic mass is 10.0. The molecule has 1 aliphatic carbocycles. The fourth-order valence-corrected chi connectivity index (χ4v) is 2.12. The minimum atomic E-state index is -0.696. The molecule has 0 aliphatic heterocycles. The Hall–Kier alpha value is -0.730. The Labute approximate surface area is 88.5 Å². The summed E-state index contributed by atoms with van der Waals surface area (Å²) in [5, 5.41) is 10.5. The molecule has 2 rings (SSSR count).